The number of furan rings is 1. The maximum atomic E-state index is 11.9. The predicted octanol–water partition coefficient (Wildman–Crippen LogP) is 1.89. The van der Waals surface area contributed by atoms with Gasteiger partial charge in [0.15, 0.2) is 11.0 Å². The highest BCUT2D eigenvalue weighted by atomic mass is 35.5. The van der Waals surface area contributed by atoms with Gasteiger partial charge in [0.25, 0.3) is 5.91 Å². The number of hydrogen-bond acceptors (Lipinski definition) is 3. The Morgan fingerprint density at radius 1 is 1.16 bits per heavy atom. The van der Waals surface area contributed by atoms with E-state index in [1.54, 1.807) is 30.3 Å². The average Bonchev–Trinajstić information content (AvgIpc) is 2.83. The van der Waals surface area contributed by atoms with Crippen LogP contribution in [-0.4, -0.2) is 11.8 Å². The molecule has 0 unspecified atom stereocenters. The molecule has 98 valence electrons. The molecule has 0 saturated heterocycles. The third kappa shape index (κ3) is 3.14. The van der Waals surface area contributed by atoms with Crippen molar-refractivity contribution in [3.8, 4) is 0 Å². The highest BCUT2D eigenvalue weighted by molar-refractivity contribution is 6.29. The third-order valence-electron chi connectivity index (χ3n) is 2.49. The molecule has 2 rings (SSSR count). The fourth-order valence-electron chi connectivity index (χ4n) is 1.60. The zero-order valence-corrected chi connectivity index (χ0v) is 10.6. The number of halogens is 1. The Labute approximate surface area is 114 Å². The van der Waals surface area contributed by atoms with Crippen molar-refractivity contribution in [3.05, 3.63) is 59.0 Å². The molecule has 1 heterocycles. The van der Waals surface area contributed by atoms with Crippen molar-refractivity contribution in [2.24, 2.45) is 5.73 Å². The van der Waals surface area contributed by atoms with Crippen molar-refractivity contribution in [2.45, 2.75) is 6.04 Å². The van der Waals surface area contributed by atoms with Gasteiger partial charge in [0.1, 0.15) is 6.04 Å². The Balaban J connectivity index is 2.18. The smallest absolute Gasteiger partial charge is 0.287 e. The standard InChI is InChI=1S/C13H11ClN2O3/c14-10-7-6-9(19-10)13(18)16-11(12(15)17)8-4-2-1-3-5-8/h1-7,11H,(H2,15,17)(H,16,18)/t11-/m0/s1. The van der Waals surface area contributed by atoms with Crippen LogP contribution in [0.1, 0.15) is 22.2 Å². The first-order valence-corrected chi connectivity index (χ1v) is 5.86. The van der Waals surface area contributed by atoms with E-state index in [4.69, 9.17) is 21.8 Å². The SMILES string of the molecule is NC(=O)[C@@H](NC(=O)c1ccc(Cl)o1)c1ccccc1. The van der Waals surface area contributed by atoms with Crippen molar-refractivity contribution in [1.29, 1.82) is 0 Å². The Bertz CT molecular complexity index is 595. The summed E-state index contributed by atoms with van der Waals surface area (Å²) in [5.74, 6) is -1.19. The Kier molecular flexibility index (Phi) is 3.87. The number of hydrogen-bond donors (Lipinski definition) is 2. The summed E-state index contributed by atoms with van der Waals surface area (Å²) in [6, 6.07) is 10.6. The van der Waals surface area contributed by atoms with Gasteiger partial charge in [-0.1, -0.05) is 30.3 Å². The first-order chi connectivity index (χ1) is 9.08. The lowest BCUT2D eigenvalue weighted by atomic mass is 10.1. The van der Waals surface area contributed by atoms with E-state index in [1.807, 2.05) is 0 Å². The molecular weight excluding hydrogens is 268 g/mol. The second-order valence-corrected chi connectivity index (χ2v) is 4.20. The number of benzene rings is 1. The number of nitrogens with one attached hydrogen (secondary N) is 1. The summed E-state index contributed by atoms with van der Waals surface area (Å²) in [7, 11) is 0. The van der Waals surface area contributed by atoms with Crippen LogP contribution >= 0.6 is 11.6 Å². The molecule has 1 atom stereocenters. The second-order valence-electron chi connectivity index (χ2n) is 3.82. The molecule has 0 saturated carbocycles. The Morgan fingerprint density at radius 3 is 2.37 bits per heavy atom. The van der Waals surface area contributed by atoms with Gasteiger partial charge in [-0.05, 0) is 29.3 Å². The molecule has 1 aromatic carbocycles. The molecule has 5 nitrogen and oxygen atoms in total. The summed E-state index contributed by atoms with van der Waals surface area (Å²) >= 11 is 5.58. The van der Waals surface area contributed by atoms with Gasteiger partial charge in [-0.2, -0.15) is 0 Å². The van der Waals surface area contributed by atoms with Gasteiger partial charge in [-0.25, -0.2) is 0 Å². The van der Waals surface area contributed by atoms with Crippen LogP contribution in [0, 0.1) is 0 Å². The number of primary amides is 1. The molecular formula is C13H11ClN2O3. The molecule has 0 aliphatic carbocycles. The lowest BCUT2D eigenvalue weighted by molar-refractivity contribution is -0.120. The lowest BCUT2D eigenvalue weighted by Gasteiger charge is -2.14. The van der Waals surface area contributed by atoms with Crippen LogP contribution in [0.15, 0.2) is 46.9 Å². The van der Waals surface area contributed by atoms with Crippen LogP contribution < -0.4 is 11.1 Å². The average molecular weight is 279 g/mol. The Hall–Kier alpha value is -2.27. The molecule has 1 aromatic heterocycles. The van der Waals surface area contributed by atoms with E-state index in [-0.39, 0.29) is 11.0 Å². The third-order valence-corrected chi connectivity index (χ3v) is 2.69. The predicted molar refractivity (Wildman–Crippen MR) is 69.6 cm³/mol. The molecule has 19 heavy (non-hydrogen) atoms. The fraction of sp³-hybridized carbons (Fsp3) is 0.0769. The van der Waals surface area contributed by atoms with Crippen LogP contribution in [0.2, 0.25) is 5.22 Å². The van der Waals surface area contributed by atoms with Gasteiger partial charge in [-0.3, -0.25) is 9.59 Å². The second kappa shape index (κ2) is 5.58. The maximum absolute atomic E-state index is 11.9. The quantitative estimate of drug-likeness (QED) is 0.895. The maximum Gasteiger partial charge on any atom is 0.287 e. The van der Waals surface area contributed by atoms with Crippen LogP contribution in [0.25, 0.3) is 0 Å². The summed E-state index contributed by atoms with van der Waals surface area (Å²) in [6.45, 7) is 0. The minimum absolute atomic E-state index is 0.0205. The number of amides is 2. The normalized spacial score (nSPS) is 11.8. The van der Waals surface area contributed by atoms with E-state index in [1.165, 1.54) is 12.1 Å². The monoisotopic (exact) mass is 278 g/mol. The largest absolute Gasteiger partial charge is 0.440 e. The molecule has 0 fully saturated rings. The first-order valence-electron chi connectivity index (χ1n) is 5.48. The number of carbonyl (C=O) groups is 2. The molecule has 2 aromatic rings. The van der Waals surface area contributed by atoms with E-state index in [0.29, 0.717) is 5.56 Å². The fourth-order valence-corrected chi connectivity index (χ4v) is 1.75. The highest BCUT2D eigenvalue weighted by Gasteiger charge is 2.22. The van der Waals surface area contributed by atoms with Gasteiger partial charge >= 0.3 is 0 Å². The molecule has 0 aliphatic rings. The summed E-state index contributed by atoms with van der Waals surface area (Å²) in [4.78, 5) is 23.3. The zero-order chi connectivity index (χ0) is 13.8. The summed E-state index contributed by atoms with van der Waals surface area (Å²) in [5, 5.41) is 2.59. The van der Waals surface area contributed by atoms with Crippen molar-refractivity contribution in [3.63, 3.8) is 0 Å². The summed E-state index contributed by atoms with van der Waals surface area (Å²) in [5.41, 5.74) is 5.89. The lowest BCUT2D eigenvalue weighted by Crippen LogP contribution is -2.37. The van der Waals surface area contributed by atoms with Gasteiger partial charge in [-0.15, -0.1) is 0 Å². The first kappa shape index (κ1) is 13.2. The zero-order valence-electron chi connectivity index (χ0n) is 9.80. The topological polar surface area (TPSA) is 85.3 Å². The van der Waals surface area contributed by atoms with Crippen LogP contribution in [0.5, 0.6) is 0 Å². The molecule has 6 heteroatoms. The van der Waals surface area contributed by atoms with Crippen molar-refractivity contribution >= 4 is 23.4 Å². The molecule has 2 amide bonds. The number of nitrogens with two attached hydrogens (primary N) is 1. The van der Waals surface area contributed by atoms with Crippen molar-refractivity contribution in [2.75, 3.05) is 0 Å². The van der Waals surface area contributed by atoms with Gasteiger partial charge in [0.2, 0.25) is 5.91 Å². The van der Waals surface area contributed by atoms with Gasteiger partial charge < -0.3 is 15.5 Å². The molecule has 0 bridgehead atoms. The number of carbonyl (C=O) groups excluding carboxylic acids is 2. The Morgan fingerprint density at radius 2 is 1.84 bits per heavy atom. The van der Waals surface area contributed by atoms with E-state index in [2.05, 4.69) is 5.32 Å². The van der Waals surface area contributed by atoms with E-state index in [9.17, 15) is 9.59 Å². The minimum Gasteiger partial charge on any atom is -0.440 e. The highest BCUT2D eigenvalue weighted by Crippen LogP contribution is 2.16. The summed E-state index contributed by atoms with van der Waals surface area (Å²) in [6.07, 6.45) is 0. The molecule has 0 aliphatic heterocycles. The van der Waals surface area contributed by atoms with Gasteiger partial charge in [0.05, 0.1) is 0 Å². The minimum atomic E-state index is -0.919. The van der Waals surface area contributed by atoms with Crippen molar-refractivity contribution < 1.29 is 14.0 Å². The van der Waals surface area contributed by atoms with E-state index in [0.717, 1.165) is 0 Å². The van der Waals surface area contributed by atoms with Crippen LogP contribution in [-0.2, 0) is 4.79 Å². The summed E-state index contributed by atoms with van der Waals surface area (Å²) < 4.78 is 4.96. The van der Waals surface area contributed by atoms with Crippen LogP contribution in [0.3, 0.4) is 0 Å². The van der Waals surface area contributed by atoms with Crippen molar-refractivity contribution in [1.82, 2.24) is 5.32 Å². The van der Waals surface area contributed by atoms with E-state index >= 15 is 0 Å². The molecule has 0 radical (unpaired) electrons. The molecule has 3 N–H and O–H groups in total. The van der Waals surface area contributed by atoms with E-state index < -0.39 is 17.9 Å². The number of rotatable bonds is 4. The van der Waals surface area contributed by atoms with Crippen LogP contribution in [0.4, 0.5) is 0 Å². The van der Waals surface area contributed by atoms with Gasteiger partial charge in [0, 0.05) is 0 Å². The molecule has 0 spiro atoms.